The van der Waals surface area contributed by atoms with Crippen molar-refractivity contribution in [3.05, 3.63) is 106 Å². The summed E-state index contributed by atoms with van der Waals surface area (Å²) in [6.45, 7) is 5.88. The Morgan fingerprint density at radius 3 is 2.38 bits per heavy atom. The summed E-state index contributed by atoms with van der Waals surface area (Å²) < 4.78 is 39.8. The smallest absolute Gasteiger partial charge is 0.321 e. The Morgan fingerprint density at radius 2 is 1.77 bits per heavy atom. The molecule has 0 aliphatic carbocycles. The summed E-state index contributed by atoms with van der Waals surface area (Å²) in [5.41, 5.74) is 2.11. The average molecular weight is 550 g/mol. The highest BCUT2D eigenvalue weighted by Crippen LogP contribution is 2.42. The predicted octanol–water partition coefficient (Wildman–Crippen LogP) is 7.20. The van der Waals surface area contributed by atoms with E-state index in [1.54, 1.807) is 24.3 Å². The number of carbonyl (C=O) groups is 2. The van der Waals surface area contributed by atoms with Crippen LogP contribution < -0.4 is 10.2 Å². The number of aryl methyl sites for hydroxylation is 1. The number of para-hydroxylation sites is 1. The van der Waals surface area contributed by atoms with Crippen molar-refractivity contribution < 1.29 is 22.8 Å². The molecule has 1 fully saturated rings. The molecule has 9 heteroatoms. The molecule has 3 aromatic rings. The van der Waals surface area contributed by atoms with Gasteiger partial charge in [-0.1, -0.05) is 74.1 Å². The van der Waals surface area contributed by atoms with Crippen LogP contribution in [0.2, 0.25) is 0 Å². The monoisotopic (exact) mass is 549 g/mol. The molecule has 0 spiro atoms. The molecule has 0 aromatic heterocycles. The lowest BCUT2D eigenvalue weighted by atomic mass is 10.0. The van der Waals surface area contributed by atoms with E-state index < -0.39 is 28.8 Å². The number of benzene rings is 3. The summed E-state index contributed by atoms with van der Waals surface area (Å²) in [6.07, 6.45) is -4.52. The van der Waals surface area contributed by atoms with Crippen molar-refractivity contribution in [2.75, 3.05) is 10.2 Å². The van der Waals surface area contributed by atoms with E-state index in [-0.39, 0.29) is 22.9 Å². The minimum atomic E-state index is -4.51. The molecular weight excluding hydrogens is 523 g/mol. The number of carbonyl (C=O) groups excluding carboxylic acids is 2. The number of rotatable bonds is 6. The van der Waals surface area contributed by atoms with Crippen molar-refractivity contribution in [1.29, 1.82) is 5.26 Å². The highest BCUT2D eigenvalue weighted by Gasteiger charge is 2.41. The maximum absolute atomic E-state index is 13.7. The molecule has 1 N–H and O–H groups in total. The van der Waals surface area contributed by atoms with Crippen LogP contribution in [-0.4, -0.2) is 17.1 Å². The van der Waals surface area contributed by atoms with Crippen molar-refractivity contribution in [3.63, 3.8) is 0 Å². The minimum Gasteiger partial charge on any atom is -0.321 e. The Labute approximate surface area is 229 Å². The lowest BCUT2D eigenvalue weighted by Crippen LogP contribution is -2.31. The molecule has 0 saturated carbocycles. The van der Waals surface area contributed by atoms with Crippen LogP contribution in [0.1, 0.15) is 42.0 Å². The van der Waals surface area contributed by atoms with Gasteiger partial charge in [0.1, 0.15) is 16.7 Å². The van der Waals surface area contributed by atoms with Crippen LogP contribution in [0.25, 0.3) is 0 Å². The summed E-state index contributed by atoms with van der Waals surface area (Å²) in [6, 6.07) is 21.1. The van der Waals surface area contributed by atoms with Crippen LogP contribution in [0.4, 0.5) is 24.5 Å². The number of nitrogens with one attached hydrogen (secondary N) is 1. The van der Waals surface area contributed by atoms with E-state index in [4.69, 9.17) is 0 Å². The van der Waals surface area contributed by atoms with Gasteiger partial charge in [0.25, 0.3) is 5.91 Å². The molecule has 1 heterocycles. The van der Waals surface area contributed by atoms with Crippen LogP contribution >= 0.6 is 11.8 Å². The Hall–Kier alpha value is -4.03. The van der Waals surface area contributed by atoms with Crippen molar-refractivity contribution >= 4 is 35.0 Å². The topological polar surface area (TPSA) is 73.2 Å². The number of anilines is 2. The Bertz CT molecular complexity index is 1470. The zero-order valence-corrected chi connectivity index (χ0v) is 22.4. The molecule has 4 rings (SSSR count). The lowest BCUT2D eigenvalue weighted by Gasteiger charge is -2.20. The van der Waals surface area contributed by atoms with Crippen molar-refractivity contribution in [2.24, 2.45) is 0 Å². The molecule has 0 bridgehead atoms. The maximum Gasteiger partial charge on any atom is 0.416 e. The maximum atomic E-state index is 13.7. The largest absolute Gasteiger partial charge is 0.416 e. The molecular formula is C30H26F3N3O2S. The summed E-state index contributed by atoms with van der Waals surface area (Å²) in [5, 5.41) is 12.1. The average Bonchev–Trinajstić information content (AvgIpc) is 3.20. The van der Waals surface area contributed by atoms with Gasteiger partial charge < -0.3 is 5.32 Å². The first kappa shape index (κ1) is 28.0. The van der Waals surface area contributed by atoms with Crippen LogP contribution in [0.5, 0.6) is 0 Å². The van der Waals surface area contributed by atoms with Crippen LogP contribution in [-0.2, 0) is 22.2 Å². The first-order valence-corrected chi connectivity index (χ1v) is 13.2. The Balaban J connectivity index is 1.74. The van der Waals surface area contributed by atoms with Gasteiger partial charge in [0, 0.05) is 11.4 Å². The zero-order valence-electron chi connectivity index (χ0n) is 21.5. The van der Waals surface area contributed by atoms with E-state index in [2.05, 4.69) is 5.32 Å². The molecule has 5 nitrogen and oxygen atoms in total. The van der Waals surface area contributed by atoms with Crippen molar-refractivity contribution in [2.45, 2.75) is 44.5 Å². The Morgan fingerprint density at radius 1 is 1.08 bits per heavy atom. The van der Waals surface area contributed by atoms with Gasteiger partial charge in [0.15, 0.2) is 0 Å². The van der Waals surface area contributed by atoms with Crippen molar-refractivity contribution in [1.82, 2.24) is 0 Å². The number of hydrogen-bond donors (Lipinski definition) is 1. The fourth-order valence-electron chi connectivity index (χ4n) is 4.22. The van der Waals surface area contributed by atoms with Gasteiger partial charge in [-0.2, -0.15) is 18.4 Å². The second-order valence-corrected chi connectivity index (χ2v) is 10.7. The first-order valence-electron chi connectivity index (χ1n) is 12.3. The van der Waals surface area contributed by atoms with Gasteiger partial charge >= 0.3 is 6.18 Å². The van der Waals surface area contributed by atoms with Crippen LogP contribution in [0.15, 0.2) is 83.4 Å². The molecule has 1 atom stereocenters. The molecule has 3 aromatic carbocycles. The number of nitrogens with zero attached hydrogens (tertiary/aromatic N) is 2. The van der Waals surface area contributed by atoms with Gasteiger partial charge in [0.05, 0.1) is 10.8 Å². The van der Waals surface area contributed by atoms with E-state index in [1.807, 2.05) is 51.1 Å². The minimum absolute atomic E-state index is 0.00435. The summed E-state index contributed by atoms with van der Waals surface area (Å²) >= 11 is 1.01. The molecule has 1 unspecified atom stereocenters. The third kappa shape index (κ3) is 6.18. The number of amides is 2. The second-order valence-electron chi connectivity index (χ2n) is 9.49. The van der Waals surface area contributed by atoms with E-state index in [9.17, 15) is 28.0 Å². The van der Waals surface area contributed by atoms with Crippen molar-refractivity contribution in [3.8, 4) is 6.07 Å². The first-order chi connectivity index (χ1) is 18.5. The fourth-order valence-corrected chi connectivity index (χ4v) is 5.53. The Kier molecular flexibility index (Phi) is 8.17. The van der Waals surface area contributed by atoms with E-state index >= 15 is 0 Å². The number of nitriles is 1. The normalized spacial score (nSPS) is 16.8. The van der Waals surface area contributed by atoms with Crippen LogP contribution in [0.3, 0.4) is 0 Å². The number of alkyl halides is 3. The molecule has 1 aliphatic rings. The third-order valence-corrected chi connectivity index (χ3v) is 7.65. The van der Waals surface area contributed by atoms with Gasteiger partial charge in [-0.05, 0) is 60.2 Å². The second kappa shape index (κ2) is 11.4. The standard InChI is InChI=1S/C30H26F3N3O2S/c1-18(2)21-11-13-23(14-12-21)36-28(38)26(16-20-8-6-9-22(15-20)30(31,32)33)39-29(36)24(17-34)27(37)35-25-10-5-4-7-19(25)3/h4-15,18,26H,16H2,1-3H3,(H,35,37)/b29-24-. The van der Waals surface area contributed by atoms with Gasteiger partial charge in [-0.15, -0.1) is 0 Å². The fraction of sp³-hybridized carbons (Fsp3) is 0.233. The zero-order chi connectivity index (χ0) is 28.3. The van der Waals surface area contributed by atoms with E-state index in [0.29, 0.717) is 16.9 Å². The highest BCUT2D eigenvalue weighted by molar-refractivity contribution is 8.05. The molecule has 1 aliphatic heterocycles. The van der Waals surface area contributed by atoms with Crippen LogP contribution in [0, 0.1) is 18.3 Å². The van der Waals surface area contributed by atoms with E-state index in [0.717, 1.165) is 35.0 Å². The predicted molar refractivity (Wildman–Crippen MR) is 147 cm³/mol. The quantitative estimate of drug-likeness (QED) is 0.261. The molecule has 200 valence electrons. The van der Waals surface area contributed by atoms with Gasteiger partial charge in [-0.25, -0.2) is 0 Å². The summed E-state index contributed by atoms with van der Waals surface area (Å²) in [4.78, 5) is 28.3. The van der Waals surface area contributed by atoms with E-state index in [1.165, 1.54) is 17.0 Å². The third-order valence-electron chi connectivity index (χ3n) is 6.39. The lowest BCUT2D eigenvalue weighted by molar-refractivity contribution is -0.137. The number of hydrogen-bond acceptors (Lipinski definition) is 4. The van der Waals surface area contributed by atoms with Gasteiger partial charge in [-0.3, -0.25) is 14.5 Å². The number of halogens is 3. The molecule has 1 saturated heterocycles. The highest BCUT2D eigenvalue weighted by atomic mass is 32.2. The summed E-state index contributed by atoms with van der Waals surface area (Å²) in [5.74, 6) is -0.840. The molecule has 39 heavy (non-hydrogen) atoms. The molecule has 2 amide bonds. The molecule has 0 radical (unpaired) electrons. The SMILES string of the molecule is Cc1ccccc1NC(=O)/C(C#N)=C1\SC(Cc2cccc(C(F)(F)F)c2)C(=O)N1c1ccc(C(C)C)cc1. The number of thioether (sulfide) groups is 1. The van der Waals surface area contributed by atoms with Gasteiger partial charge in [0.2, 0.25) is 5.91 Å². The summed E-state index contributed by atoms with van der Waals surface area (Å²) in [7, 11) is 0.